The number of ether oxygens (including phenoxy) is 1. The van der Waals surface area contributed by atoms with Crippen molar-refractivity contribution in [3.63, 3.8) is 0 Å². The molecule has 0 aromatic heterocycles. The molecule has 0 heterocycles. The van der Waals surface area contributed by atoms with Gasteiger partial charge in [0.05, 0.1) is 7.11 Å². The highest BCUT2D eigenvalue weighted by atomic mass is 16.5. The van der Waals surface area contributed by atoms with Crippen LogP contribution in [-0.2, 0) is 16.6 Å². The highest BCUT2D eigenvalue weighted by Gasteiger charge is 2.14. The van der Waals surface area contributed by atoms with E-state index in [2.05, 4.69) is 45.9 Å². The summed E-state index contributed by atoms with van der Waals surface area (Å²) in [5.41, 5.74) is 4.31. The number of hydrogen-bond acceptors (Lipinski definition) is 2. The van der Waals surface area contributed by atoms with E-state index in [0.29, 0.717) is 5.90 Å². The van der Waals surface area contributed by atoms with Crippen LogP contribution in [0.15, 0.2) is 18.2 Å². The smallest absolute Gasteiger partial charge is 0.180 e. The molecule has 100 valence electrons. The van der Waals surface area contributed by atoms with Crippen LogP contribution in [0, 0.1) is 12.3 Å². The first-order valence-corrected chi connectivity index (χ1v) is 6.56. The van der Waals surface area contributed by atoms with E-state index in [1.54, 1.807) is 7.11 Å². The number of methoxy groups -OCH3 is 1. The fourth-order valence-corrected chi connectivity index (χ4v) is 1.95. The lowest BCUT2D eigenvalue weighted by Crippen LogP contribution is -2.11. The lowest BCUT2D eigenvalue weighted by Gasteiger charge is -2.21. The van der Waals surface area contributed by atoms with Crippen molar-refractivity contribution in [3.05, 3.63) is 34.9 Å². The van der Waals surface area contributed by atoms with Gasteiger partial charge in [0.1, 0.15) is 0 Å². The van der Waals surface area contributed by atoms with Crippen molar-refractivity contribution in [2.24, 2.45) is 0 Å². The lowest BCUT2D eigenvalue weighted by atomic mass is 9.84. The van der Waals surface area contributed by atoms with E-state index in [9.17, 15) is 0 Å². The Balaban J connectivity index is 2.73. The summed E-state index contributed by atoms with van der Waals surface area (Å²) in [6, 6.07) is 6.74. The number of nitrogens with one attached hydrogen (secondary N) is 1. The average molecular weight is 247 g/mol. The maximum atomic E-state index is 7.48. The summed E-state index contributed by atoms with van der Waals surface area (Å²) in [6.45, 7) is 8.87. The van der Waals surface area contributed by atoms with Crippen LogP contribution in [0.2, 0.25) is 0 Å². The molecule has 2 nitrogen and oxygen atoms in total. The third kappa shape index (κ3) is 4.17. The molecule has 0 aliphatic rings. The van der Waals surface area contributed by atoms with Gasteiger partial charge in [-0.05, 0) is 41.9 Å². The number of benzene rings is 1. The third-order valence-electron chi connectivity index (χ3n) is 3.31. The normalized spacial score (nSPS) is 11.4. The molecule has 2 heteroatoms. The zero-order valence-corrected chi connectivity index (χ0v) is 12.3. The van der Waals surface area contributed by atoms with Gasteiger partial charge in [-0.1, -0.05) is 39.0 Å². The van der Waals surface area contributed by atoms with Gasteiger partial charge in [-0.15, -0.1) is 0 Å². The Morgan fingerprint density at radius 2 is 1.94 bits per heavy atom. The molecule has 0 bridgehead atoms. The molecule has 0 fully saturated rings. The van der Waals surface area contributed by atoms with Crippen LogP contribution in [0.5, 0.6) is 0 Å². The molecule has 0 aliphatic carbocycles. The highest BCUT2D eigenvalue weighted by molar-refractivity contribution is 5.72. The first-order valence-electron chi connectivity index (χ1n) is 6.56. The van der Waals surface area contributed by atoms with Gasteiger partial charge in [0.2, 0.25) is 0 Å². The second-order valence-corrected chi connectivity index (χ2v) is 5.87. The molecular weight excluding hydrogens is 222 g/mol. The standard InChI is InChI=1S/C16H25NO/c1-12-9-10-14(16(2,3)4)11-13(12)7-6-8-15(17)18-5/h9-11,17H,6-8H2,1-5H3. The monoisotopic (exact) mass is 247 g/mol. The molecule has 0 aliphatic heterocycles. The molecule has 1 aromatic rings. The topological polar surface area (TPSA) is 33.1 Å². The molecule has 1 N–H and O–H groups in total. The van der Waals surface area contributed by atoms with E-state index in [1.165, 1.54) is 16.7 Å². The summed E-state index contributed by atoms with van der Waals surface area (Å²) in [7, 11) is 1.56. The minimum atomic E-state index is 0.196. The van der Waals surface area contributed by atoms with Crippen LogP contribution in [0.4, 0.5) is 0 Å². The summed E-state index contributed by atoms with van der Waals surface area (Å²) in [5, 5.41) is 7.48. The number of aryl methyl sites for hydroxylation is 2. The van der Waals surface area contributed by atoms with Crippen LogP contribution < -0.4 is 0 Å². The second kappa shape index (κ2) is 6.03. The van der Waals surface area contributed by atoms with Crippen molar-refractivity contribution >= 4 is 5.90 Å². The van der Waals surface area contributed by atoms with E-state index >= 15 is 0 Å². The van der Waals surface area contributed by atoms with Crippen molar-refractivity contribution in [1.82, 2.24) is 0 Å². The predicted molar refractivity (Wildman–Crippen MR) is 77.6 cm³/mol. The van der Waals surface area contributed by atoms with Crippen LogP contribution in [0.3, 0.4) is 0 Å². The number of rotatable bonds is 4. The molecule has 0 unspecified atom stereocenters. The van der Waals surface area contributed by atoms with E-state index < -0.39 is 0 Å². The molecular formula is C16H25NO. The summed E-state index contributed by atoms with van der Waals surface area (Å²) in [5.74, 6) is 0.375. The largest absolute Gasteiger partial charge is 0.484 e. The van der Waals surface area contributed by atoms with Gasteiger partial charge in [-0.2, -0.15) is 0 Å². The van der Waals surface area contributed by atoms with Crippen LogP contribution >= 0.6 is 0 Å². The Kier molecular flexibility index (Phi) is 4.94. The van der Waals surface area contributed by atoms with Gasteiger partial charge in [-0.25, -0.2) is 0 Å². The van der Waals surface area contributed by atoms with Crippen LogP contribution in [0.25, 0.3) is 0 Å². The van der Waals surface area contributed by atoms with Gasteiger partial charge in [-0.3, -0.25) is 5.41 Å². The zero-order chi connectivity index (χ0) is 13.8. The summed E-state index contributed by atoms with van der Waals surface area (Å²) >= 11 is 0. The maximum Gasteiger partial charge on any atom is 0.180 e. The summed E-state index contributed by atoms with van der Waals surface area (Å²) in [4.78, 5) is 0. The van der Waals surface area contributed by atoms with E-state index in [0.717, 1.165) is 19.3 Å². The van der Waals surface area contributed by atoms with Crippen molar-refractivity contribution in [2.75, 3.05) is 7.11 Å². The summed E-state index contributed by atoms with van der Waals surface area (Å²) < 4.78 is 4.88. The first kappa shape index (κ1) is 14.7. The Hall–Kier alpha value is -1.31. The van der Waals surface area contributed by atoms with Crippen molar-refractivity contribution in [1.29, 1.82) is 5.41 Å². The fourth-order valence-electron chi connectivity index (χ4n) is 1.95. The molecule has 18 heavy (non-hydrogen) atoms. The van der Waals surface area contributed by atoms with Gasteiger partial charge in [0, 0.05) is 6.42 Å². The minimum Gasteiger partial charge on any atom is -0.484 e. The van der Waals surface area contributed by atoms with E-state index in [4.69, 9.17) is 10.1 Å². The molecule has 0 radical (unpaired) electrons. The Morgan fingerprint density at radius 1 is 1.28 bits per heavy atom. The molecule has 1 rings (SSSR count). The third-order valence-corrected chi connectivity index (χ3v) is 3.31. The van der Waals surface area contributed by atoms with Gasteiger partial charge < -0.3 is 4.74 Å². The van der Waals surface area contributed by atoms with Gasteiger partial charge >= 0.3 is 0 Å². The molecule has 0 spiro atoms. The molecule has 0 atom stereocenters. The van der Waals surface area contributed by atoms with Crippen LogP contribution in [-0.4, -0.2) is 13.0 Å². The summed E-state index contributed by atoms with van der Waals surface area (Å²) in [6.07, 6.45) is 2.71. The van der Waals surface area contributed by atoms with E-state index in [1.807, 2.05) is 0 Å². The Bertz CT molecular complexity index is 416. The SMILES string of the molecule is COC(=N)CCCc1cc(C(C)(C)C)ccc1C. The van der Waals surface area contributed by atoms with Gasteiger partial charge in [0.15, 0.2) is 5.90 Å². The van der Waals surface area contributed by atoms with Crippen molar-refractivity contribution in [2.45, 2.75) is 52.4 Å². The average Bonchev–Trinajstić information content (AvgIpc) is 2.29. The number of hydrogen-bond donors (Lipinski definition) is 1. The zero-order valence-electron chi connectivity index (χ0n) is 12.3. The highest BCUT2D eigenvalue weighted by Crippen LogP contribution is 2.25. The lowest BCUT2D eigenvalue weighted by molar-refractivity contribution is 0.384. The van der Waals surface area contributed by atoms with Crippen molar-refractivity contribution in [3.8, 4) is 0 Å². The van der Waals surface area contributed by atoms with Crippen LogP contribution in [0.1, 0.15) is 50.3 Å². The molecule has 0 saturated carbocycles. The van der Waals surface area contributed by atoms with E-state index in [-0.39, 0.29) is 5.41 Å². The van der Waals surface area contributed by atoms with Crippen molar-refractivity contribution < 1.29 is 4.74 Å². The fraction of sp³-hybridized carbons (Fsp3) is 0.562. The molecule has 1 aromatic carbocycles. The molecule has 0 amide bonds. The second-order valence-electron chi connectivity index (χ2n) is 5.87. The van der Waals surface area contributed by atoms with Gasteiger partial charge in [0.25, 0.3) is 0 Å². The quantitative estimate of drug-likeness (QED) is 0.626. The minimum absolute atomic E-state index is 0.196. The maximum absolute atomic E-state index is 7.48. The predicted octanol–water partition coefficient (Wildman–Crippen LogP) is 4.24. The first-order chi connectivity index (χ1) is 8.34. The Labute approximate surface area is 111 Å². The Morgan fingerprint density at radius 3 is 2.50 bits per heavy atom. The molecule has 0 saturated heterocycles.